The lowest BCUT2D eigenvalue weighted by Gasteiger charge is -2.35. The van der Waals surface area contributed by atoms with E-state index >= 15 is 0 Å². The van der Waals surface area contributed by atoms with Gasteiger partial charge in [0.15, 0.2) is 0 Å². The van der Waals surface area contributed by atoms with E-state index < -0.39 is 11.8 Å². The first-order valence-electron chi connectivity index (χ1n) is 13.2. The summed E-state index contributed by atoms with van der Waals surface area (Å²) in [5.74, 6) is -0.873. The molecule has 200 valence electrons. The molecular formula is C28H34FN7O2. The molecule has 2 heterocycles. The Morgan fingerprint density at radius 1 is 1.13 bits per heavy atom. The highest BCUT2D eigenvalue weighted by atomic mass is 19.1. The van der Waals surface area contributed by atoms with Crippen molar-refractivity contribution in [3.63, 3.8) is 0 Å². The van der Waals surface area contributed by atoms with E-state index in [-0.39, 0.29) is 11.7 Å². The number of nitrogens with two attached hydrogens (primary N) is 1. The predicted octanol–water partition coefficient (Wildman–Crippen LogP) is 2.29. The molecule has 3 atom stereocenters. The number of carbonyl (C=O) groups excluding carboxylic acids is 2. The molecule has 1 aliphatic carbocycles. The quantitative estimate of drug-likeness (QED) is 0.398. The van der Waals surface area contributed by atoms with E-state index in [1.54, 1.807) is 29.2 Å². The minimum absolute atomic E-state index is 0.0203. The lowest BCUT2D eigenvalue weighted by molar-refractivity contribution is -0.134. The van der Waals surface area contributed by atoms with Gasteiger partial charge in [0.25, 0.3) is 0 Å². The molecule has 3 aromatic rings. The Hall–Kier alpha value is -3.63. The Morgan fingerprint density at radius 2 is 1.89 bits per heavy atom. The highest BCUT2D eigenvalue weighted by Gasteiger charge is 2.38. The molecule has 2 aromatic carbocycles. The number of nitrogens with zero attached hydrogens (tertiary/aromatic N) is 5. The molecular weight excluding hydrogens is 485 g/mol. The van der Waals surface area contributed by atoms with Crippen LogP contribution in [0.15, 0.2) is 54.9 Å². The van der Waals surface area contributed by atoms with Crippen molar-refractivity contribution in [2.75, 3.05) is 39.8 Å². The number of primary amides is 1. The highest BCUT2D eigenvalue weighted by Crippen LogP contribution is 2.40. The molecule has 0 unspecified atom stereocenters. The summed E-state index contributed by atoms with van der Waals surface area (Å²) in [6, 6.07) is 12.3. The number of piperazine rings is 1. The van der Waals surface area contributed by atoms with Crippen LogP contribution in [0.25, 0.3) is 5.69 Å². The van der Waals surface area contributed by atoms with Crippen LogP contribution in [0.5, 0.6) is 0 Å². The summed E-state index contributed by atoms with van der Waals surface area (Å²) in [7, 11) is 2.05. The van der Waals surface area contributed by atoms with Gasteiger partial charge in [0.2, 0.25) is 11.8 Å². The topological polar surface area (TPSA) is 109 Å². The molecule has 5 rings (SSSR count). The second kappa shape index (κ2) is 11.4. The molecule has 3 N–H and O–H groups in total. The Labute approximate surface area is 221 Å². The lowest BCUT2D eigenvalue weighted by Crippen LogP contribution is -2.48. The van der Waals surface area contributed by atoms with Crippen LogP contribution in [-0.4, -0.2) is 82.4 Å². The maximum atomic E-state index is 13.9. The summed E-state index contributed by atoms with van der Waals surface area (Å²) in [6.07, 6.45) is 5.64. The third-order valence-corrected chi connectivity index (χ3v) is 7.64. The molecule has 1 saturated carbocycles. The van der Waals surface area contributed by atoms with E-state index in [0.29, 0.717) is 42.6 Å². The number of carbonyl (C=O) groups is 2. The van der Waals surface area contributed by atoms with Crippen molar-refractivity contribution in [1.82, 2.24) is 30.1 Å². The van der Waals surface area contributed by atoms with Crippen molar-refractivity contribution in [2.24, 2.45) is 5.73 Å². The van der Waals surface area contributed by atoms with E-state index in [2.05, 4.69) is 27.6 Å². The summed E-state index contributed by atoms with van der Waals surface area (Å²) in [6.45, 7) is 3.67. The van der Waals surface area contributed by atoms with Gasteiger partial charge in [-0.15, -0.1) is 5.10 Å². The van der Waals surface area contributed by atoms with Crippen molar-refractivity contribution >= 4 is 11.8 Å². The van der Waals surface area contributed by atoms with Crippen LogP contribution in [0.2, 0.25) is 0 Å². The average Bonchev–Trinajstić information content (AvgIpc) is 3.47. The number of hydrogen-bond acceptors (Lipinski definition) is 6. The van der Waals surface area contributed by atoms with Crippen LogP contribution >= 0.6 is 0 Å². The van der Waals surface area contributed by atoms with Crippen molar-refractivity contribution in [3.8, 4) is 5.69 Å². The van der Waals surface area contributed by atoms with E-state index in [1.165, 1.54) is 12.1 Å². The fraction of sp³-hybridized carbons (Fsp3) is 0.429. The Bertz CT molecular complexity index is 1260. The molecule has 2 amide bonds. The van der Waals surface area contributed by atoms with Crippen LogP contribution in [-0.2, 0) is 4.79 Å². The SMILES string of the molecule is CN1CCN(C(=O)[C@@H](CCCN[C@@H]2C[C@H]2c2ccc(F)cc2)c2cc(-n3ccnn3)ccc2C(N)=O)CC1. The number of likely N-dealkylation sites (N-methyl/N-ethyl adjacent to an activating group) is 1. The number of nitrogens with one attached hydrogen (secondary N) is 1. The monoisotopic (exact) mass is 519 g/mol. The second-order valence-corrected chi connectivity index (χ2v) is 10.3. The average molecular weight is 520 g/mol. The van der Waals surface area contributed by atoms with Crippen molar-refractivity contribution < 1.29 is 14.0 Å². The molecule has 1 saturated heterocycles. The number of hydrogen-bond donors (Lipinski definition) is 2. The van der Waals surface area contributed by atoms with Gasteiger partial charge in [-0.3, -0.25) is 9.59 Å². The molecule has 0 radical (unpaired) electrons. The summed E-state index contributed by atoms with van der Waals surface area (Å²) >= 11 is 0. The maximum absolute atomic E-state index is 13.9. The van der Waals surface area contributed by atoms with Gasteiger partial charge in [-0.25, -0.2) is 9.07 Å². The zero-order valence-electron chi connectivity index (χ0n) is 21.6. The standard InChI is InChI=1S/C28H34FN7O2/c1-34-13-15-35(16-14-34)28(38)23(3-2-10-31-26-18-24(26)19-4-6-20(29)7-5-19)25-17-21(36-12-11-32-33-36)8-9-22(25)27(30)37/h4-9,11-12,17,23-24,26,31H,2-3,10,13-16,18H2,1H3,(H2,30,37)/t23-,24-,26+/m0/s1. The van der Waals surface area contributed by atoms with Crippen LogP contribution in [0.1, 0.15) is 52.6 Å². The van der Waals surface area contributed by atoms with Gasteiger partial charge >= 0.3 is 0 Å². The summed E-state index contributed by atoms with van der Waals surface area (Å²) in [4.78, 5) is 30.4. The normalized spacial score (nSPS) is 20.3. The first kappa shape index (κ1) is 26.0. The first-order chi connectivity index (χ1) is 18.4. The van der Waals surface area contributed by atoms with E-state index in [4.69, 9.17) is 5.73 Å². The van der Waals surface area contributed by atoms with Crippen LogP contribution in [0.4, 0.5) is 4.39 Å². The second-order valence-electron chi connectivity index (χ2n) is 10.3. The molecule has 2 fully saturated rings. The number of halogens is 1. The Morgan fingerprint density at radius 3 is 2.58 bits per heavy atom. The number of amides is 2. The highest BCUT2D eigenvalue weighted by molar-refractivity contribution is 5.97. The predicted molar refractivity (Wildman–Crippen MR) is 141 cm³/mol. The van der Waals surface area contributed by atoms with E-state index in [0.717, 1.165) is 43.7 Å². The molecule has 0 bridgehead atoms. The number of benzene rings is 2. The molecule has 2 aliphatic rings. The largest absolute Gasteiger partial charge is 0.366 e. The van der Waals surface area contributed by atoms with Crippen molar-refractivity contribution in [1.29, 1.82) is 0 Å². The summed E-state index contributed by atoms with van der Waals surface area (Å²) in [5.41, 5.74) is 8.60. The summed E-state index contributed by atoms with van der Waals surface area (Å²) in [5, 5.41) is 11.5. The van der Waals surface area contributed by atoms with Gasteiger partial charge in [0.1, 0.15) is 5.82 Å². The van der Waals surface area contributed by atoms with Crippen LogP contribution < -0.4 is 11.1 Å². The van der Waals surface area contributed by atoms with Gasteiger partial charge in [0, 0.05) is 43.7 Å². The molecule has 1 aliphatic heterocycles. The fourth-order valence-electron chi connectivity index (χ4n) is 5.30. The summed E-state index contributed by atoms with van der Waals surface area (Å²) < 4.78 is 14.9. The lowest BCUT2D eigenvalue weighted by atomic mass is 9.88. The molecule has 38 heavy (non-hydrogen) atoms. The van der Waals surface area contributed by atoms with Gasteiger partial charge in [-0.1, -0.05) is 17.3 Å². The fourth-order valence-corrected chi connectivity index (χ4v) is 5.30. The first-order valence-corrected chi connectivity index (χ1v) is 13.2. The minimum Gasteiger partial charge on any atom is -0.366 e. The van der Waals surface area contributed by atoms with Gasteiger partial charge in [-0.05, 0) is 74.3 Å². The zero-order valence-corrected chi connectivity index (χ0v) is 21.6. The Balaban J connectivity index is 1.31. The Kier molecular flexibility index (Phi) is 7.80. The van der Waals surface area contributed by atoms with Gasteiger partial charge in [-0.2, -0.15) is 0 Å². The molecule has 10 heteroatoms. The van der Waals surface area contributed by atoms with E-state index in [9.17, 15) is 14.0 Å². The smallest absolute Gasteiger partial charge is 0.249 e. The third kappa shape index (κ3) is 5.92. The van der Waals surface area contributed by atoms with Gasteiger partial charge < -0.3 is 20.9 Å². The van der Waals surface area contributed by atoms with Crippen molar-refractivity contribution in [3.05, 3.63) is 77.4 Å². The molecule has 0 spiro atoms. The number of rotatable bonds is 10. The van der Waals surface area contributed by atoms with E-state index in [1.807, 2.05) is 23.1 Å². The third-order valence-electron chi connectivity index (χ3n) is 7.64. The zero-order chi connectivity index (χ0) is 26.6. The van der Waals surface area contributed by atoms with Gasteiger partial charge in [0.05, 0.1) is 24.0 Å². The minimum atomic E-state index is -0.556. The molecule has 9 nitrogen and oxygen atoms in total. The maximum Gasteiger partial charge on any atom is 0.249 e. The van der Waals surface area contributed by atoms with Crippen LogP contribution in [0.3, 0.4) is 0 Å². The van der Waals surface area contributed by atoms with Crippen molar-refractivity contribution in [2.45, 2.75) is 37.1 Å². The molecule has 1 aromatic heterocycles. The van der Waals surface area contributed by atoms with Crippen LogP contribution in [0, 0.1) is 5.82 Å². The number of aromatic nitrogens is 3.